The summed E-state index contributed by atoms with van der Waals surface area (Å²) in [6.07, 6.45) is 4.68. The highest BCUT2D eigenvalue weighted by atomic mass is 32.2. The molecule has 7 nitrogen and oxygen atoms in total. The molecule has 156 valence electrons. The van der Waals surface area contributed by atoms with Crippen molar-refractivity contribution in [3.8, 4) is 0 Å². The van der Waals surface area contributed by atoms with E-state index in [1.807, 2.05) is 16.7 Å². The number of carbonyl (C=O) groups is 1. The van der Waals surface area contributed by atoms with Crippen LogP contribution in [0.5, 0.6) is 0 Å². The lowest BCUT2D eigenvalue weighted by Crippen LogP contribution is -2.49. The normalized spacial score (nSPS) is 21.0. The number of hydrogen-bond donors (Lipinski definition) is 1. The van der Waals surface area contributed by atoms with E-state index in [9.17, 15) is 9.59 Å². The van der Waals surface area contributed by atoms with Crippen LogP contribution in [0.3, 0.4) is 0 Å². The Hall–Kier alpha value is -1.71. The van der Waals surface area contributed by atoms with Gasteiger partial charge in [0.05, 0.1) is 6.54 Å². The van der Waals surface area contributed by atoms with Gasteiger partial charge in [-0.15, -0.1) is 0 Å². The fraction of sp³-hybridized carbons (Fsp3) is 0.600. The molecule has 0 saturated carbocycles. The second kappa shape index (κ2) is 9.40. The summed E-state index contributed by atoms with van der Waals surface area (Å²) in [7, 11) is 0. The van der Waals surface area contributed by atoms with Crippen molar-refractivity contribution < 1.29 is 4.79 Å². The molecular weight excluding hydrogens is 406 g/mol. The Bertz CT molecular complexity index is 912. The molecule has 9 heteroatoms. The summed E-state index contributed by atoms with van der Waals surface area (Å²) in [5.41, 5.74) is 1.19. The third-order valence-corrected chi connectivity index (χ3v) is 7.24. The van der Waals surface area contributed by atoms with Crippen LogP contribution < -0.4 is 10.9 Å². The second-order valence-corrected chi connectivity index (χ2v) is 9.69. The van der Waals surface area contributed by atoms with Gasteiger partial charge in [0, 0.05) is 54.6 Å². The lowest BCUT2D eigenvalue weighted by molar-refractivity contribution is -0.117. The maximum Gasteiger partial charge on any atom is 0.250 e. The van der Waals surface area contributed by atoms with Gasteiger partial charge in [-0.2, -0.15) is 9.36 Å². The molecule has 0 radical (unpaired) electrons. The summed E-state index contributed by atoms with van der Waals surface area (Å²) in [5, 5.41) is 4.22. The van der Waals surface area contributed by atoms with E-state index in [2.05, 4.69) is 26.5 Å². The first-order valence-corrected chi connectivity index (χ1v) is 12.1. The van der Waals surface area contributed by atoms with Crippen molar-refractivity contribution in [2.45, 2.75) is 50.2 Å². The first-order valence-electron chi connectivity index (χ1n) is 10.3. The molecule has 0 aromatic carbocycles. The second-order valence-electron chi connectivity index (χ2n) is 7.88. The van der Waals surface area contributed by atoms with Gasteiger partial charge in [-0.3, -0.25) is 19.8 Å². The van der Waals surface area contributed by atoms with E-state index in [0.29, 0.717) is 23.5 Å². The molecule has 4 heterocycles. The molecule has 1 saturated heterocycles. The van der Waals surface area contributed by atoms with Crippen LogP contribution in [0.4, 0.5) is 5.13 Å². The maximum atomic E-state index is 12.5. The minimum absolute atomic E-state index is 0.0471. The standard InChI is InChI=1S/C20H27N5O2S2/c1-2-3-4-8-28-20-22-19(29-23-20)21-17(26)13-24-10-14-9-15(12-24)16-6-5-7-18(27)25(16)11-14/h5-7,14-15H,2-4,8-13H2,1H3,(H,21,22,23,26)/t14-,15+/m1/s1. The molecule has 2 aliphatic rings. The molecule has 2 bridgehead atoms. The highest BCUT2D eigenvalue weighted by molar-refractivity contribution is 7.99. The molecule has 2 aromatic rings. The van der Waals surface area contributed by atoms with Gasteiger partial charge in [0.15, 0.2) is 0 Å². The number of aromatic nitrogens is 3. The van der Waals surface area contributed by atoms with Crippen LogP contribution in [0.25, 0.3) is 0 Å². The van der Waals surface area contributed by atoms with Crippen LogP contribution in [-0.2, 0) is 11.3 Å². The predicted molar refractivity (Wildman–Crippen MR) is 117 cm³/mol. The SMILES string of the molecule is CCCCCSc1nsc(NC(=O)CN2C[C@H]3C[C@@H](C2)c2cccc(=O)n2C3)n1. The van der Waals surface area contributed by atoms with Gasteiger partial charge >= 0.3 is 0 Å². The third kappa shape index (κ3) is 5.07. The zero-order valence-electron chi connectivity index (χ0n) is 16.7. The summed E-state index contributed by atoms with van der Waals surface area (Å²) in [5.74, 6) is 1.70. The van der Waals surface area contributed by atoms with E-state index in [4.69, 9.17) is 0 Å². The van der Waals surface area contributed by atoms with Crippen LogP contribution in [-0.4, -0.2) is 50.1 Å². The zero-order chi connectivity index (χ0) is 20.2. The highest BCUT2D eigenvalue weighted by Gasteiger charge is 2.35. The summed E-state index contributed by atoms with van der Waals surface area (Å²) >= 11 is 2.89. The van der Waals surface area contributed by atoms with E-state index < -0.39 is 0 Å². The smallest absolute Gasteiger partial charge is 0.250 e. The molecule has 0 spiro atoms. The van der Waals surface area contributed by atoms with Gasteiger partial charge in [0.25, 0.3) is 5.56 Å². The van der Waals surface area contributed by atoms with E-state index in [-0.39, 0.29) is 11.5 Å². The maximum absolute atomic E-state index is 12.5. The largest absolute Gasteiger partial charge is 0.312 e. The topological polar surface area (TPSA) is 80.1 Å². The average molecular weight is 434 g/mol. The quantitative estimate of drug-likeness (QED) is 0.509. The Kier molecular flexibility index (Phi) is 6.67. The number of hydrogen-bond acceptors (Lipinski definition) is 7. The van der Waals surface area contributed by atoms with Gasteiger partial charge in [-0.25, -0.2) is 0 Å². The summed E-state index contributed by atoms with van der Waals surface area (Å²) in [6.45, 7) is 4.94. The molecule has 2 aliphatic heterocycles. The summed E-state index contributed by atoms with van der Waals surface area (Å²) in [6, 6.07) is 5.52. The van der Waals surface area contributed by atoms with E-state index in [1.54, 1.807) is 17.8 Å². The number of nitrogens with zero attached hydrogens (tertiary/aromatic N) is 4. The van der Waals surface area contributed by atoms with Crippen molar-refractivity contribution in [2.24, 2.45) is 5.92 Å². The number of amides is 1. The molecule has 4 rings (SSSR count). The predicted octanol–water partition coefficient (Wildman–Crippen LogP) is 3.04. The van der Waals surface area contributed by atoms with Crippen LogP contribution in [0, 0.1) is 5.92 Å². The molecule has 0 aliphatic carbocycles. The Morgan fingerprint density at radius 3 is 3.07 bits per heavy atom. The van der Waals surface area contributed by atoms with Gasteiger partial charge in [-0.1, -0.05) is 37.6 Å². The van der Waals surface area contributed by atoms with E-state index in [0.717, 1.165) is 49.1 Å². The number of piperidine rings is 1. The third-order valence-electron chi connectivity index (χ3n) is 5.56. The Morgan fingerprint density at radius 1 is 1.31 bits per heavy atom. The van der Waals surface area contributed by atoms with Gasteiger partial charge < -0.3 is 4.57 Å². The lowest BCUT2D eigenvalue weighted by Gasteiger charge is -2.42. The Balaban J connectivity index is 1.30. The average Bonchev–Trinajstić information content (AvgIpc) is 3.13. The fourth-order valence-electron chi connectivity index (χ4n) is 4.32. The molecule has 1 N–H and O–H groups in total. The van der Waals surface area contributed by atoms with Crippen LogP contribution >= 0.6 is 23.3 Å². The van der Waals surface area contributed by atoms with Gasteiger partial charge in [0.1, 0.15) is 0 Å². The number of fused-ring (bicyclic) bond motifs is 4. The first kappa shape index (κ1) is 20.6. The molecule has 2 atom stereocenters. The lowest BCUT2D eigenvalue weighted by atomic mass is 9.83. The van der Waals surface area contributed by atoms with Gasteiger partial charge in [-0.05, 0) is 24.8 Å². The zero-order valence-corrected chi connectivity index (χ0v) is 18.3. The summed E-state index contributed by atoms with van der Waals surface area (Å²) in [4.78, 5) is 31.3. The first-order chi connectivity index (χ1) is 14.1. The summed E-state index contributed by atoms with van der Waals surface area (Å²) < 4.78 is 6.24. The number of unbranched alkanes of at least 4 members (excludes halogenated alkanes) is 2. The van der Waals surface area contributed by atoms with Crippen molar-refractivity contribution in [1.29, 1.82) is 0 Å². The minimum Gasteiger partial charge on any atom is -0.312 e. The van der Waals surface area contributed by atoms with Crippen molar-refractivity contribution in [3.63, 3.8) is 0 Å². The van der Waals surface area contributed by atoms with Crippen molar-refractivity contribution in [1.82, 2.24) is 18.8 Å². The van der Waals surface area contributed by atoms with Crippen LogP contribution in [0.2, 0.25) is 0 Å². The molecular formula is C20H27N5O2S2. The number of likely N-dealkylation sites (tertiary alicyclic amines) is 1. The van der Waals surface area contributed by atoms with E-state index >= 15 is 0 Å². The fourth-order valence-corrected chi connectivity index (χ4v) is 5.88. The number of pyridine rings is 1. The van der Waals surface area contributed by atoms with E-state index in [1.165, 1.54) is 24.4 Å². The molecule has 0 unspecified atom stereocenters. The minimum atomic E-state index is -0.0471. The molecule has 1 amide bonds. The van der Waals surface area contributed by atoms with Crippen LogP contribution in [0.15, 0.2) is 28.2 Å². The Morgan fingerprint density at radius 2 is 2.21 bits per heavy atom. The van der Waals surface area contributed by atoms with Crippen molar-refractivity contribution in [3.05, 3.63) is 34.2 Å². The van der Waals surface area contributed by atoms with Crippen LogP contribution in [0.1, 0.15) is 44.2 Å². The molecule has 29 heavy (non-hydrogen) atoms. The Labute approximate surface area is 179 Å². The molecule has 2 aromatic heterocycles. The number of carbonyl (C=O) groups excluding carboxylic acids is 1. The number of anilines is 1. The van der Waals surface area contributed by atoms with Crippen molar-refractivity contribution in [2.75, 3.05) is 30.7 Å². The van der Waals surface area contributed by atoms with Crippen molar-refractivity contribution >= 4 is 34.3 Å². The monoisotopic (exact) mass is 433 g/mol. The number of nitrogens with one attached hydrogen (secondary N) is 1. The highest BCUT2D eigenvalue weighted by Crippen LogP contribution is 2.34. The number of rotatable bonds is 8. The molecule has 1 fully saturated rings. The number of thioether (sulfide) groups is 1. The van der Waals surface area contributed by atoms with Gasteiger partial charge in [0.2, 0.25) is 16.2 Å².